The number of amides is 2. The van der Waals surface area contributed by atoms with Crippen molar-refractivity contribution >= 4 is 6.03 Å². The Morgan fingerprint density at radius 2 is 1.96 bits per heavy atom. The van der Waals surface area contributed by atoms with Crippen LogP contribution < -0.4 is 5.32 Å². The summed E-state index contributed by atoms with van der Waals surface area (Å²) in [5.74, 6) is 0. The summed E-state index contributed by atoms with van der Waals surface area (Å²) in [6, 6.07) is 6.02. The number of aromatic nitrogens is 3. The van der Waals surface area contributed by atoms with E-state index in [9.17, 15) is 4.79 Å². The number of pyridine rings is 1. The zero-order valence-corrected chi connectivity index (χ0v) is 14.0. The fourth-order valence-corrected chi connectivity index (χ4v) is 2.89. The summed E-state index contributed by atoms with van der Waals surface area (Å²) in [5.41, 5.74) is 1.26. The second kappa shape index (κ2) is 7.92. The van der Waals surface area contributed by atoms with Crippen LogP contribution >= 0.6 is 0 Å². The van der Waals surface area contributed by atoms with Crippen LogP contribution in [0.2, 0.25) is 0 Å². The average Bonchev–Trinajstić information content (AvgIpc) is 3.09. The highest BCUT2D eigenvalue weighted by Crippen LogP contribution is 2.08. The van der Waals surface area contributed by atoms with Gasteiger partial charge in [-0.2, -0.15) is 5.10 Å². The van der Waals surface area contributed by atoms with Gasteiger partial charge in [-0.25, -0.2) is 4.79 Å². The molecule has 1 aliphatic heterocycles. The van der Waals surface area contributed by atoms with Crippen LogP contribution in [0.25, 0.3) is 0 Å². The van der Waals surface area contributed by atoms with E-state index in [1.807, 2.05) is 53.3 Å². The monoisotopic (exact) mass is 328 g/mol. The van der Waals surface area contributed by atoms with Crippen molar-refractivity contribution in [2.75, 3.05) is 26.2 Å². The maximum Gasteiger partial charge on any atom is 0.317 e. The van der Waals surface area contributed by atoms with Crippen LogP contribution in [-0.2, 0) is 13.1 Å². The molecule has 24 heavy (non-hydrogen) atoms. The lowest BCUT2D eigenvalue weighted by atomic mass is 10.2. The molecule has 0 aliphatic carbocycles. The zero-order valence-electron chi connectivity index (χ0n) is 14.0. The summed E-state index contributed by atoms with van der Waals surface area (Å²) in [5, 5.41) is 7.22. The molecule has 0 radical (unpaired) electrons. The Kier molecular flexibility index (Phi) is 5.43. The molecule has 1 atom stereocenters. The molecule has 3 rings (SSSR count). The molecule has 2 aromatic heterocycles. The summed E-state index contributed by atoms with van der Waals surface area (Å²) >= 11 is 0. The number of rotatable bonds is 5. The van der Waals surface area contributed by atoms with Crippen molar-refractivity contribution in [1.82, 2.24) is 29.9 Å². The topological polar surface area (TPSA) is 66.3 Å². The van der Waals surface area contributed by atoms with Crippen molar-refractivity contribution in [2.24, 2.45) is 0 Å². The number of urea groups is 1. The lowest BCUT2D eigenvalue weighted by molar-refractivity contribution is 0.133. The van der Waals surface area contributed by atoms with Crippen molar-refractivity contribution < 1.29 is 4.79 Å². The van der Waals surface area contributed by atoms with Gasteiger partial charge in [0.15, 0.2) is 0 Å². The molecule has 128 valence electrons. The first-order valence-corrected chi connectivity index (χ1v) is 8.35. The van der Waals surface area contributed by atoms with Gasteiger partial charge in [0, 0.05) is 63.6 Å². The SMILES string of the molecule is C[C@@H](Cn1cccn1)NC(=O)N1CCN(Cc2ccncc2)CC1. The van der Waals surface area contributed by atoms with Crippen molar-refractivity contribution in [3.63, 3.8) is 0 Å². The Balaban J connectivity index is 1.41. The van der Waals surface area contributed by atoms with Crippen LogP contribution in [0.4, 0.5) is 4.79 Å². The van der Waals surface area contributed by atoms with Gasteiger partial charge in [0.2, 0.25) is 0 Å². The molecule has 2 aromatic rings. The molecule has 1 aliphatic rings. The van der Waals surface area contributed by atoms with E-state index in [1.165, 1.54) is 5.56 Å². The predicted molar refractivity (Wildman–Crippen MR) is 91.3 cm³/mol. The summed E-state index contributed by atoms with van der Waals surface area (Å²) in [6.45, 7) is 6.89. The van der Waals surface area contributed by atoms with E-state index in [4.69, 9.17) is 0 Å². The third-order valence-electron chi connectivity index (χ3n) is 4.21. The molecule has 0 aromatic carbocycles. The number of hydrogen-bond acceptors (Lipinski definition) is 4. The maximum absolute atomic E-state index is 12.4. The molecule has 3 heterocycles. The normalized spacial score (nSPS) is 16.8. The molecule has 1 N–H and O–H groups in total. The number of hydrogen-bond donors (Lipinski definition) is 1. The summed E-state index contributed by atoms with van der Waals surface area (Å²) in [6.07, 6.45) is 7.29. The Morgan fingerprint density at radius 1 is 1.21 bits per heavy atom. The van der Waals surface area contributed by atoms with Gasteiger partial charge in [-0.3, -0.25) is 14.6 Å². The first kappa shape index (κ1) is 16.4. The number of piperazine rings is 1. The smallest absolute Gasteiger partial charge is 0.317 e. The fraction of sp³-hybridized carbons (Fsp3) is 0.471. The lowest BCUT2D eigenvalue weighted by Gasteiger charge is -2.35. The molecule has 1 fully saturated rings. The molecule has 0 spiro atoms. The van der Waals surface area contributed by atoms with Gasteiger partial charge in [0.05, 0.1) is 6.54 Å². The number of nitrogens with one attached hydrogen (secondary N) is 1. The van der Waals surface area contributed by atoms with Crippen molar-refractivity contribution in [1.29, 1.82) is 0 Å². The van der Waals surface area contributed by atoms with Crippen LogP contribution in [0.3, 0.4) is 0 Å². The second-order valence-electron chi connectivity index (χ2n) is 6.20. The molecule has 0 unspecified atom stereocenters. The standard InChI is InChI=1S/C17H24N6O/c1-15(13-23-8-2-5-19-23)20-17(24)22-11-9-21(10-12-22)14-16-3-6-18-7-4-16/h2-8,15H,9-14H2,1H3,(H,20,24)/t15-/m0/s1. The Hall–Kier alpha value is -2.41. The highest BCUT2D eigenvalue weighted by Gasteiger charge is 2.22. The maximum atomic E-state index is 12.4. The minimum absolute atomic E-state index is 0.0122. The Labute approximate surface area is 142 Å². The van der Waals surface area contributed by atoms with Gasteiger partial charge >= 0.3 is 6.03 Å². The molecule has 0 saturated carbocycles. The number of carbonyl (C=O) groups is 1. The third-order valence-corrected chi connectivity index (χ3v) is 4.21. The van der Waals surface area contributed by atoms with Crippen LogP contribution in [-0.4, -0.2) is 62.8 Å². The van der Waals surface area contributed by atoms with Crippen molar-refractivity contribution in [3.05, 3.63) is 48.5 Å². The van der Waals surface area contributed by atoms with E-state index >= 15 is 0 Å². The van der Waals surface area contributed by atoms with Gasteiger partial charge < -0.3 is 10.2 Å². The quantitative estimate of drug-likeness (QED) is 0.895. The van der Waals surface area contributed by atoms with Crippen LogP contribution in [0, 0.1) is 0 Å². The Bertz CT molecular complexity index is 622. The predicted octanol–water partition coefficient (Wildman–Crippen LogP) is 1.19. The molecule has 2 amide bonds. The van der Waals surface area contributed by atoms with Gasteiger partial charge in [-0.05, 0) is 30.7 Å². The van der Waals surface area contributed by atoms with Crippen LogP contribution in [0.15, 0.2) is 43.0 Å². The van der Waals surface area contributed by atoms with Gasteiger partial charge in [0.25, 0.3) is 0 Å². The van der Waals surface area contributed by atoms with E-state index in [1.54, 1.807) is 6.20 Å². The summed E-state index contributed by atoms with van der Waals surface area (Å²) in [4.78, 5) is 20.7. The minimum atomic E-state index is 0.0122. The molecular weight excluding hydrogens is 304 g/mol. The highest BCUT2D eigenvalue weighted by molar-refractivity contribution is 5.74. The van der Waals surface area contributed by atoms with Crippen molar-refractivity contribution in [2.45, 2.75) is 26.1 Å². The number of carbonyl (C=O) groups excluding carboxylic acids is 1. The van der Waals surface area contributed by atoms with Gasteiger partial charge in [0.1, 0.15) is 0 Å². The summed E-state index contributed by atoms with van der Waals surface area (Å²) < 4.78 is 1.83. The molecule has 7 nitrogen and oxygen atoms in total. The lowest BCUT2D eigenvalue weighted by Crippen LogP contribution is -2.53. The first-order valence-electron chi connectivity index (χ1n) is 8.35. The summed E-state index contributed by atoms with van der Waals surface area (Å²) in [7, 11) is 0. The van der Waals surface area contributed by atoms with Crippen molar-refractivity contribution in [3.8, 4) is 0 Å². The largest absolute Gasteiger partial charge is 0.334 e. The van der Waals surface area contributed by atoms with Crippen LogP contribution in [0.5, 0.6) is 0 Å². The van der Waals surface area contributed by atoms with E-state index in [0.717, 1.165) is 32.7 Å². The minimum Gasteiger partial charge on any atom is -0.334 e. The second-order valence-corrected chi connectivity index (χ2v) is 6.20. The van der Waals surface area contributed by atoms with Crippen LogP contribution in [0.1, 0.15) is 12.5 Å². The Morgan fingerprint density at radius 3 is 2.62 bits per heavy atom. The first-order chi connectivity index (χ1) is 11.7. The van der Waals surface area contributed by atoms with Gasteiger partial charge in [-0.15, -0.1) is 0 Å². The molecule has 0 bridgehead atoms. The highest BCUT2D eigenvalue weighted by atomic mass is 16.2. The number of nitrogens with zero attached hydrogens (tertiary/aromatic N) is 5. The fourth-order valence-electron chi connectivity index (χ4n) is 2.89. The molecule has 1 saturated heterocycles. The van der Waals surface area contributed by atoms with Gasteiger partial charge in [-0.1, -0.05) is 0 Å². The van der Waals surface area contributed by atoms with E-state index in [2.05, 4.69) is 20.3 Å². The van der Waals surface area contributed by atoms with E-state index in [0.29, 0.717) is 6.54 Å². The van der Waals surface area contributed by atoms with E-state index < -0.39 is 0 Å². The third kappa shape index (κ3) is 4.55. The zero-order chi connectivity index (χ0) is 16.8. The molecule has 7 heteroatoms. The molecular formula is C17H24N6O. The average molecular weight is 328 g/mol. The van der Waals surface area contributed by atoms with E-state index in [-0.39, 0.29) is 12.1 Å².